The van der Waals surface area contributed by atoms with Gasteiger partial charge in [0.1, 0.15) is 13.2 Å². The highest BCUT2D eigenvalue weighted by Crippen LogP contribution is 2.21. The van der Waals surface area contributed by atoms with Gasteiger partial charge in [-0.15, -0.1) is 0 Å². The van der Waals surface area contributed by atoms with Gasteiger partial charge < -0.3 is 9.47 Å². The van der Waals surface area contributed by atoms with E-state index in [4.69, 9.17) is 9.47 Å². The minimum Gasteiger partial charge on any atom is -0.498 e. The Morgan fingerprint density at radius 2 is 1.89 bits per heavy atom. The molecule has 19 heavy (non-hydrogen) atoms. The summed E-state index contributed by atoms with van der Waals surface area (Å²) in [6.45, 7) is 6.38. The molecule has 1 aromatic rings. The Balaban J connectivity index is 2.18. The van der Waals surface area contributed by atoms with Crippen LogP contribution in [0.2, 0.25) is 0 Å². The van der Waals surface area contributed by atoms with Gasteiger partial charge in [-0.25, -0.2) is 0 Å². The van der Waals surface area contributed by atoms with Crippen LogP contribution in [0.1, 0.15) is 32.8 Å². The van der Waals surface area contributed by atoms with Crippen molar-refractivity contribution < 1.29 is 14.3 Å². The molecule has 3 nitrogen and oxygen atoms in total. The van der Waals surface area contributed by atoms with E-state index in [0.29, 0.717) is 6.61 Å². The highest BCUT2D eigenvalue weighted by molar-refractivity contribution is 5.75. The number of carbonyl (C=O) groups is 1. The smallest absolute Gasteiger partial charge is 0.311 e. The van der Waals surface area contributed by atoms with Crippen molar-refractivity contribution in [2.75, 3.05) is 13.2 Å². The molecule has 0 atom stereocenters. The molecule has 0 unspecified atom stereocenters. The summed E-state index contributed by atoms with van der Waals surface area (Å²) < 4.78 is 10.4. The average Bonchev–Trinajstić information content (AvgIpc) is 2.43. The second-order valence-corrected chi connectivity index (χ2v) is 4.96. The Kier molecular flexibility index (Phi) is 6.13. The lowest BCUT2D eigenvalue weighted by atomic mass is 9.91. The molecule has 1 aromatic carbocycles. The van der Waals surface area contributed by atoms with Gasteiger partial charge in [0.25, 0.3) is 0 Å². The van der Waals surface area contributed by atoms with Gasteiger partial charge in [0.05, 0.1) is 11.7 Å². The highest BCUT2D eigenvalue weighted by Gasteiger charge is 2.26. The highest BCUT2D eigenvalue weighted by atomic mass is 16.6. The van der Waals surface area contributed by atoms with Crippen molar-refractivity contribution in [2.45, 2.75) is 27.2 Å². The van der Waals surface area contributed by atoms with Crippen LogP contribution in [0.15, 0.2) is 36.6 Å². The monoisotopic (exact) mass is 262 g/mol. The maximum Gasteiger partial charge on any atom is 0.311 e. The van der Waals surface area contributed by atoms with Crippen LogP contribution in [-0.2, 0) is 14.3 Å². The average molecular weight is 262 g/mol. The first-order valence-electron chi connectivity index (χ1n) is 6.56. The van der Waals surface area contributed by atoms with Crippen LogP contribution in [0.4, 0.5) is 0 Å². The molecule has 0 aromatic heterocycles. The lowest BCUT2D eigenvalue weighted by molar-refractivity contribution is -0.155. The Morgan fingerprint density at radius 1 is 1.21 bits per heavy atom. The van der Waals surface area contributed by atoms with Crippen molar-refractivity contribution in [3.63, 3.8) is 0 Å². The number of rotatable bonds is 7. The molecular weight excluding hydrogens is 240 g/mol. The van der Waals surface area contributed by atoms with Crippen LogP contribution in [0.25, 0.3) is 6.08 Å². The molecule has 104 valence electrons. The SMILES string of the molecule is CCC(C)(C)C(=O)OCCOC=Cc1ccccc1. The lowest BCUT2D eigenvalue weighted by Crippen LogP contribution is -2.26. The Labute approximate surface area is 115 Å². The van der Waals surface area contributed by atoms with Crippen LogP contribution in [0.5, 0.6) is 0 Å². The maximum atomic E-state index is 11.7. The summed E-state index contributed by atoms with van der Waals surface area (Å²) in [5, 5.41) is 0. The second-order valence-electron chi connectivity index (χ2n) is 4.96. The molecule has 0 fully saturated rings. The topological polar surface area (TPSA) is 35.5 Å². The van der Waals surface area contributed by atoms with Crippen molar-refractivity contribution in [3.8, 4) is 0 Å². The molecule has 0 aliphatic carbocycles. The van der Waals surface area contributed by atoms with Gasteiger partial charge in [0, 0.05) is 0 Å². The fraction of sp³-hybridized carbons (Fsp3) is 0.438. The van der Waals surface area contributed by atoms with E-state index >= 15 is 0 Å². The van der Waals surface area contributed by atoms with E-state index in [-0.39, 0.29) is 12.6 Å². The van der Waals surface area contributed by atoms with Gasteiger partial charge in [-0.2, -0.15) is 0 Å². The van der Waals surface area contributed by atoms with Crippen LogP contribution in [0.3, 0.4) is 0 Å². The Bertz CT molecular complexity index is 407. The molecule has 0 N–H and O–H groups in total. The number of esters is 1. The quantitative estimate of drug-likeness (QED) is 0.427. The van der Waals surface area contributed by atoms with E-state index in [0.717, 1.165) is 12.0 Å². The molecule has 0 bridgehead atoms. The summed E-state index contributed by atoms with van der Waals surface area (Å²) >= 11 is 0. The number of benzene rings is 1. The summed E-state index contributed by atoms with van der Waals surface area (Å²) in [6.07, 6.45) is 4.26. The molecule has 0 aliphatic rings. The molecule has 0 aliphatic heterocycles. The Hall–Kier alpha value is -1.77. The summed E-state index contributed by atoms with van der Waals surface area (Å²) in [5.41, 5.74) is 0.659. The van der Waals surface area contributed by atoms with Crippen molar-refractivity contribution in [3.05, 3.63) is 42.2 Å². The summed E-state index contributed by atoms with van der Waals surface area (Å²) in [7, 11) is 0. The molecule has 0 radical (unpaired) electrons. The zero-order valence-corrected chi connectivity index (χ0v) is 11.9. The standard InChI is InChI=1S/C16H22O3/c1-4-16(2,3)15(17)19-13-12-18-11-10-14-8-6-5-7-9-14/h5-11H,4,12-13H2,1-3H3. The zero-order chi connectivity index (χ0) is 14.1. The number of carbonyl (C=O) groups excluding carboxylic acids is 1. The Morgan fingerprint density at radius 3 is 2.53 bits per heavy atom. The van der Waals surface area contributed by atoms with Crippen LogP contribution >= 0.6 is 0 Å². The van der Waals surface area contributed by atoms with Crippen LogP contribution < -0.4 is 0 Å². The predicted molar refractivity (Wildman–Crippen MR) is 76.5 cm³/mol. The molecule has 0 amide bonds. The predicted octanol–water partition coefficient (Wildman–Crippen LogP) is 3.65. The van der Waals surface area contributed by atoms with Gasteiger partial charge in [0.2, 0.25) is 0 Å². The normalized spacial score (nSPS) is 11.5. The molecule has 0 spiro atoms. The number of hydrogen-bond donors (Lipinski definition) is 0. The van der Waals surface area contributed by atoms with E-state index in [1.165, 1.54) is 0 Å². The molecule has 3 heteroatoms. The molecule has 0 saturated heterocycles. The summed E-state index contributed by atoms with van der Waals surface area (Å²) in [5.74, 6) is -0.175. The van der Waals surface area contributed by atoms with E-state index < -0.39 is 5.41 Å². The third kappa shape index (κ3) is 5.60. The van der Waals surface area contributed by atoms with Crippen LogP contribution in [-0.4, -0.2) is 19.2 Å². The summed E-state index contributed by atoms with van der Waals surface area (Å²) in [6, 6.07) is 9.88. The fourth-order valence-electron chi connectivity index (χ4n) is 1.28. The van der Waals surface area contributed by atoms with E-state index in [9.17, 15) is 4.79 Å². The molecule has 0 saturated carbocycles. The van der Waals surface area contributed by atoms with Gasteiger partial charge >= 0.3 is 5.97 Å². The zero-order valence-electron chi connectivity index (χ0n) is 11.9. The van der Waals surface area contributed by atoms with Crippen molar-refractivity contribution >= 4 is 12.0 Å². The first-order chi connectivity index (χ1) is 9.06. The second kappa shape index (κ2) is 7.62. The molecule has 1 rings (SSSR count). The van der Waals surface area contributed by atoms with Crippen molar-refractivity contribution in [1.82, 2.24) is 0 Å². The minimum absolute atomic E-state index is 0.175. The van der Waals surface area contributed by atoms with Crippen LogP contribution in [0, 0.1) is 5.41 Å². The van der Waals surface area contributed by atoms with Crippen molar-refractivity contribution in [1.29, 1.82) is 0 Å². The van der Waals surface area contributed by atoms with E-state index in [2.05, 4.69) is 0 Å². The fourth-order valence-corrected chi connectivity index (χ4v) is 1.28. The van der Waals surface area contributed by atoms with Gasteiger partial charge in [-0.05, 0) is 31.9 Å². The first-order valence-corrected chi connectivity index (χ1v) is 6.56. The third-order valence-electron chi connectivity index (χ3n) is 3.03. The van der Waals surface area contributed by atoms with Gasteiger partial charge in [-0.1, -0.05) is 37.3 Å². The van der Waals surface area contributed by atoms with E-state index in [1.54, 1.807) is 6.26 Å². The van der Waals surface area contributed by atoms with Gasteiger partial charge in [0.15, 0.2) is 0 Å². The third-order valence-corrected chi connectivity index (χ3v) is 3.03. The molecule has 0 heterocycles. The maximum absolute atomic E-state index is 11.7. The summed E-state index contributed by atoms with van der Waals surface area (Å²) in [4.78, 5) is 11.7. The largest absolute Gasteiger partial charge is 0.498 e. The number of ether oxygens (including phenoxy) is 2. The van der Waals surface area contributed by atoms with Crippen molar-refractivity contribution in [2.24, 2.45) is 5.41 Å². The molecular formula is C16H22O3. The lowest BCUT2D eigenvalue weighted by Gasteiger charge is -2.20. The van der Waals surface area contributed by atoms with Gasteiger partial charge in [-0.3, -0.25) is 4.79 Å². The minimum atomic E-state index is -0.417. The van der Waals surface area contributed by atoms with E-state index in [1.807, 2.05) is 57.2 Å². The first kappa shape index (κ1) is 15.3. The number of hydrogen-bond acceptors (Lipinski definition) is 3.